The van der Waals surface area contributed by atoms with Crippen molar-refractivity contribution in [2.24, 2.45) is 5.84 Å². The second-order valence-corrected chi connectivity index (χ2v) is 5.03. The normalized spacial score (nSPS) is 18.1. The molecule has 3 N–H and O–H groups in total. The van der Waals surface area contributed by atoms with Crippen molar-refractivity contribution in [1.82, 2.24) is 5.43 Å². The molecule has 4 heteroatoms. The summed E-state index contributed by atoms with van der Waals surface area (Å²) in [6, 6.07) is 4.36. The average Bonchev–Trinajstić information content (AvgIpc) is 2.68. The standard InChI is InChI=1S/C11H16N2OS/c1-8-4-5-10(15-8)11(13-12)9-3-2-6-14-7-9/h4-5,7,11,13H,2-3,6,12H2,1H3. The first kappa shape index (κ1) is 10.7. The fourth-order valence-electron chi connectivity index (χ4n) is 1.78. The molecule has 1 aromatic heterocycles. The first-order valence-electron chi connectivity index (χ1n) is 5.14. The molecule has 0 spiro atoms. The number of hydrogen-bond acceptors (Lipinski definition) is 4. The van der Waals surface area contributed by atoms with Gasteiger partial charge in [-0.05, 0) is 37.5 Å². The van der Waals surface area contributed by atoms with E-state index in [9.17, 15) is 0 Å². The molecule has 0 amide bonds. The molecule has 0 bridgehead atoms. The van der Waals surface area contributed by atoms with Crippen LogP contribution in [0.3, 0.4) is 0 Å². The van der Waals surface area contributed by atoms with Crippen molar-refractivity contribution < 1.29 is 4.74 Å². The van der Waals surface area contributed by atoms with Gasteiger partial charge in [-0.15, -0.1) is 11.3 Å². The van der Waals surface area contributed by atoms with Crippen LogP contribution in [-0.4, -0.2) is 6.61 Å². The van der Waals surface area contributed by atoms with Gasteiger partial charge in [0.15, 0.2) is 0 Å². The fourth-order valence-corrected chi connectivity index (χ4v) is 2.76. The number of hydrazine groups is 1. The summed E-state index contributed by atoms with van der Waals surface area (Å²) in [4.78, 5) is 2.56. The van der Waals surface area contributed by atoms with E-state index in [-0.39, 0.29) is 6.04 Å². The van der Waals surface area contributed by atoms with Crippen LogP contribution in [-0.2, 0) is 4.74 Å². The maximum Gasteiger partial charge on any atom is 0.0876 e. The van der Waals surface area contributed by atoms with Crippen LogP contribution in [0.5, 0.6) is 0 Å². The molecule has 0 saturated carbocycles. The SMILES string of the molecule is Cc1ccc(C(NN)C2=COCCC2)s1. The first-order valence-corrected chi connectivity index (χ1v) is 5.96. The number of nitrogens with one attached hydrogen (secondary N) is 1. The Kier molecular flexibility index (Phi) is 3.41. The van der Waals surface area contributed by atoms with Crippen molar-refractivity contribution >= 4 is 11.3 Å². The Morgan fingerprint density at radius 2 is 2.40 bits per heavy atom. The molecule has 1 atom stereocenters. The Balaban J connectivity index is 2.19. The molecular formula is C11H16N2OS. The second-order valence-electron chi connectivity index (χ2n) is 3.72. The van der Waals surface area contributed by atoms with Crippen LogP contribution in [0.4, 0.5) is 0 Å². The van der Waals surface area contributed by atoms with E-state index >= 15 is 0 Å². The smallest absolute Gasteiger partial charge is 0.0876 e. The number of aryl methyl sites for hydroxylation is 1. The van der Waals surface area contributed by atoms with Crippen LogP contribution in [0.2, 0.25) is 0 Å². The van der Waals surface area contributed by atoms with Gasteiger partial charge < -0.3 is 4.74 Å². The van der Waals surface area contributed by atoms with Gasteiger partial charge in [0.25, 0.3) is 0 Å². The van der Waals surface area contributed by atoms with Gasteiger partial charge in [0, 0.05) is 9.75 Å². The molecule has 1 aromatic rings. The minimum Gasteiger partial charge on any atom is -0.501 e. The van der Waals surface area contributed by atoms with E-state index in [0.29, 0.717) is 0 Å². The fraction of sp³-hybridized carbons (Fsp3) is 0.455. The number of ether oxygens (including phenoxy) is 1. The molecule has 0 aliphatic carbocycles. The Bertz CT molecular complexity index is 359. The lowest BCUT2D eigenvalue weighted by molar-refractivity contribution is 0.219. The zero-order valence-electron chi connectivity index (χ0n) is 8.82. The van der Waals surface area contributed by atoms with Crippen LogP contribution in [0.1, 0.15) is 28.6 Å². The van der Waals surface area contributed by atoms with Gasteiger partial charge in [-0.3, -0.25) is 5.84 Å². The lowest BCUT2D eigenvalue weighted by atomic mass is 10.0. The number of nitrogens with two attached hydrogens (primary N) is 1. The topological polar surface area (TPSA) is 47.3 Å². The summed E-state index contributed by atoms with van der Waals surface area (Å²) in [5.41, 5.74) is 4.10. The minimum atomic E-state index is 0.115. The van der Waals surface area contributed by atoms with Crippen molar-refractivity contribution in [2.75, 3.05) is 6.61 Å². The summed E-state index contributed by atoms with van der Waals surface area (Å²) >= 11 is 1.78. The predicted octanol–water partition coefficient (Wildman–Crippen LogP) is 2.26. The van der Waals surface area contributed by atoms with Gasteiger partial charge in [0.1, 0.15) is 0 Å². The highest BCUT2D eigenvalue weighted by Crippen LogP contribution is 2.31. The van der Waals surface area contributed by atoms with Gasteiger partial charge in [0.2, 0.25) is 0 Å². The van der Waals surface area contributed by atoms with E-state index in [1.54, 1.807) is 11.3 Å². The van der Waals surface area contributed by atoms with Crippen LogP contribution in [0.15, 0.2) is 24.0 Å². The molecule has 0 aromatic carbocycles. The molecule has 0 radical (unpaired) electrons. The highest BCUT2D eigenvalue weighted by atomic mass is 32.1. The lowest BCUT2D eigenvalue weighted by Crippen LogP contribution is -2.29. The zero-order chi connectivity index (χ0) is 10.7. The van der Waals surface area contributed by atoms with Gasteiger partial charge in [-0.1, -0.05) is 0 Å². The number of hydrogen-bond donors (Lipinski definition) is 2. The largest absolute Gasteiger partial charge is 0.501 e. The summed E-state index contributed by atoms with van der Waals surface area (Å²) in [5.74, 6) is 5.61. The van der Waals surface area contributed by atoms with Gasteiger partial charge in [-0.25, -0.2) is 5.43 Å². The number of rotatable bonds is 3. The Morgan fingerprint density at radius 1 is 1.53 bits per heavy atom. The monoisotopic (exact) mass is 224 g/mol. The summed E-state index contributed by atoms with van der Waals surface area (Å²) in [7, 11) is 0. The van der Waals surface area contributed by atoms with Crippen molar-refractivity contribution in [3.8, 4) is 0 Å². The van der Waals surface area contributed by atoms with E-state index < -0.39 is 0 Å². The average molecular weight is 224 g/mol. The third-order valence-corrected chi connectivity index (χ3v) is 3.61. The molecule has 1 aliphatic heterocycles. The highest BCUT2D eigenvalue weighted by Gasteiger charge is 2.18. The van der Waals surface area contributed by atoms with Crippen LogP contribution >= 0.6 is 11.3 Å². The summed E-state index contributed by atoms with van der Waals surface area (Å²) < 4.78 is 5.34. The third-order valence-electron chi connectivity index (χ3n) is 2.55. The van der Waals surface area contributed by atoms with Crippen molar-refractivity contribution in [3.05, 3.63) is 33.7 Å². The van der Waals surface area contributed by atoms with Crippen LogP contribution in [0, 0.1) is 6.92 Å². The van der Waals surface area contributed by atoms with Gasteiger partial charge in [-0.2, -0.15) is 0 Å². The first-order chi connectivity index (χ1) is 7.31. The lowest BCUT2D eigenvalue weighted by Gasteiger charge is -2.21. The minimum absolute atomic E-state index is 0.115. The highest BCUT2D eigenvalue weighted by molar-refractivity contribution is 7.12. The van der Waals surface area contributed by atoms with E-state index in [1.165, 1.54) is 15.3 Å². The van der Waals surface area contributed by atoms with Crippen LogP contribution in [0.25, 0.3) is 0 Å². The Hall–Kier alpha value is -0.840. The van der Waals surface area contributed by atoms with Gasteiger partial charge in [0.05, 0.1) is 18.9 Å². The van der Waals surface area contributed by atoms with Crippen LogP contribution < -0.4 is 11.3 Å². The van der Waals surface area contributed by atoms with Crippen molar-refractivity contribution in [1.29, 1.82) is 0 Å². The van der Waals surface area contributed by atoms with Crippen molar-refractivity contribution in [3.63, 3.8) is 0 Å². The van der Waals surface area contributed by atoms with E-state index in [0.717, 1.165) is 19.4 Å². The summed E-state index contributed by atoms with van der Waals surface area (Å²) in [6.07, 6.45) is 3.99. The third kappa shape index (κ3) is 2.40. The molecule has 0 fully saturated rings. The predicted molar refractivity (Wildman–Crippen MR) is 62.4 cm³/mol. The Morgan fingerprint density at radius 3 is 2.93 bits per heavy atom. The summed E-state index contributed by atoms with van der Waals surface area (Å²) in [6.45, 7) is 2.93. The molecule has 15 heavy (non-hydrogen) atoms. The molecule has 82 valence electrons. The van der Waals surface area contributed by atoms with Gasteiger partial charge >= 0.3 is 0 Å². The molecule has 2 heterocycles. The summed E-state index contributed by atoms with van der Waals surface area (Å²) in [5, 5.41) is 0. The van der Waals surface area contributed by atoms with E-state index in [2.05, 4.69) is 24.5 Å². The molecule has 1 unspecified atom stereocenters. The second kappa shape index (κ2) is 4.79. The van der Waals surface area contributed by atoms with E-state index in [1.807, 2.05) is 6.26 Å². The molecule has 0 saturated heterocycles. The molecule has 1 aliphatic rings. The maximum atomic E-state index is 5.61. The zero-order valence-corrected chi connectivity index (χ0v) is 9.64. The molecular weight excluding hydrogens is 208 g/mol. The molecule has 3 nitrogen and oxygen atoms in total. The number of thiophene rings is 1. The Labute approximate surface area is 93.9 Å². The van der Waals surface area contributed by atoms with E-state index in [4.69, 9.17) is 10.6 Å². The maximum absolute atomic E-state index is 5.61. The molecule has 2 rings (SSSR count). The van der Waals surface area contributed by atoms with Crippen molar-refractivity contribution in [2.45, 2.75) is 25.8 Å². The quantitative estimate of drug-likeness (QED) is 0.611.